The lowest BCUT2D eigenvalue weighted by molar-refractivity contribution is 0.0125. The Bertz CT molecular complexity index is 1410. The number of carboxylic acid groups (broad SMARTS) is 1. The van der Waals surface area contributed by atoms with E-state index >= 15 is 0 Å². The number of aryl methyl sites for hydroxylation is 1. The van der Waals surface area contributed by atoms with Crippen molar-refractivity contribution >= 4 is 22.8 Å². The molecule has 8 nitrogen and oxygen atoms in total. The molecule has 0 spiro atoms. The van der Waals surface area contributed by atoms with Crippen LogP contribution in [-0.4, -0.2) is 59.8 Å². The maximum absolute atomic E-state index is 11.7. The van der Waals surface area contributed by atoms with Gasteiger partial charge in [0.1, 0.15) is 11.5 Å². The molecule has 0 aliphatic carbocycles. The number of aromatic nitrogens is 1. The number of ether oxygens (including phenoxy) is 3. The molecule has 1 fully saturated rings. The maximum atomic E-state index is 11.7. The molecule has 224 valence electrons. The third-order valence-electron chi connectivity index (χ3n) is 6.97. The van der Waals surface area contributed by atoms with Crippen LogP contribution in [0.15, 0.2) is 72.9 Å². The minimum absolute atomic E-state index is 0.148. The zero-order valence-electron chi connectivity index (χ0n) is 25.2. The van der Waals surface area contributed by atoms with Crippen molar-refractivity contribution in [1.82, 2.24) is 9.88 Å². The number of carbonyl (C=O) groups excluding carboxylic acids is 1. The maximum Gasteiger partial charge on any atom is 0.343 e. The predicted molar refractivity (Wildman–Crippen MR) is 166 cm³/mol. The van der Waals surface area contributed by atoms with Crippen molar-refractivity contribution in [2.75, 3.05) is 26.8 Å². The van der Waals surface area contributed by atoms with Crippen LogP contribution in [0, 0.1) is 6.92 Å². The van der Waals surface area contributed by atoms with E-state index in [-0.39, 0.29) is 5.56 Å². The molecule has 0 saturated carbocycles. The molecule has 0 unspecified atom stereocenters. The van der Waals surface area contributed by atoms with E-state index in [2.05, 4.69) is 35.9 Å². The van der Waals surface area contributed by atoms with Crippen LogP contribution in [0.2, 0.25) is 0 Å². The summed E-state index contributed by atoms with van der Waals surface area (Å²) in [6.07, 6.45) is 4.70. The van der Waals surface area contributed by atoms with Crippen LogP contribution < -0.4 is 9.47 Å². The van der Waals surface area contributed by atoms with Crippen LogP contribution in [0.25, 0.3) is 10.9 Å². The summed E-state index contributed by atoms with van der Waals surface area (Å²) in [5.74, 6) is -0.181. The van der Waals surface area contributed by atoms with E-state index in [1.54, 1.807) is 37.4 Å². The number of methoxy groups -OCH3 is 1. The number of aromatic amines is 1. The average Bonchev–Trinajstić information content (AvgIpc) is 3.53. The Morgan fingerprint density at radius 2 is 1.64 bits per heavy atom. The largest absolute Gasteiger partial charge is 0.496 e. The van der Waals surface area contributed by atoms with Gasteiger partial charge in [0.25, 0.3) is 0 Å². The fourth-order valence-electron chi connectivity index (χ4n) is 4.88. The Labute approximate surface area is 248 Å². The smallest absolute Gasteiger partial charge is 0.343 e. The lowest BCUT2D eigenvalue weighted by Crippen LogP contribution is -2.36. The van der Waals surface area contributed by atoms with Crippen molar-refractivity contribution in [3.8, 4) is 11.5 Å². The normalized spacial score (nSPS) is 13.4. The highest BCUT2D eigenvalue weighted by atomic mass is 16.5. The Hall–Kier alpha value is -4.14. The molecule has 3 aromatic carbocycles. The zero-order valence-corrected chi connectivity index (χ0v) is 25.2. The molecule has 0 amide bonds. The molecule has 1 aliphatic heterocycles. The molecule has 0 atom stereocenters. The molecule has 42 heavy (non-hydrogen) atoms. The van der Waals surface area contributed by atoms with E-state index in [1.807, 2.05) is 20.0 Å². The van der Waals surface area contributed by atoms with E-state index in [0.29, 0.717) is 17.4 Å². The second-order valence-corrected chi connectivity index (χ2v) is 9.66. The summed E-state index contributed by atoms with van der Waals surface area (Å²) in [5.41, 5.74) is 4.34. The molecule has 1 aromatic heterocycles. The van der Waals surface area contributed by atoms with Gasteiger partial charge in [0, 0.05) is 48.9 Å². The lowest BCUT2D eigenvalue weighted by Gasteiger charge is -2.32. The zero-order chi connectivity index (χ0) is 30.5. The lowest BCUT2D eigenvalue weighted by atomic mass is 10.0. The number of hydrogen-bond donors (Lipinski definition) is 2. The van der Waals surface area contributed by atoms with Gasteiger partial charge in [-0.25, -0.2) is 9.59 Å². The minimum Gasteiger partial charge on any atom is -0.496 e. The first-order chi connectivity index (χ1) is 20.4. The summed E-state index contributed by atoms with van der Waals surface area (Å²) in [4.78, 5) is 28.2. The van der Waals surface area contributed by atoms with E-state index in [1.165, 1.54) is 46.3 Å². The fraction of sp³-hybridized carbons (Fsp3) is 0.353. The van der Waals surface area contributed by atoms with Crippen LogP contribution in [0.1, 0.15) is 65.5 Å². The predicted octanol–water partition coefficient (Wildman–Crippen LogP) is 7.12. The third kappa shape index (κ3) is 8.68. The molecule has 0 radical (unpaired) electrons. The number of hydrogen-bond acceptors (Lipinski definition) is 6. The number of nitrogens with zero attached hydrogens (tertiary/aromatic N) is 1. The number of piperidine rings is 1. The number of fused-ring (bicyclic) bond motifs is 1. The van der Waals surface area contributed by atoms with Gasteiger partial charge in [-0.1, -0.05) is 32.0 Å². The molecule has 5 rings (SSSR count). The molecule has 4 aromatic rings. The van der Waals surface area contributed by atoms with Crippen molar-refractivity contribution in [2.45, 2.75) is 53.2 Å². The van der Waals surface area contributed by atoms with Gasteiger partial charge in [-0.3, -0.25) is 4.90 Å². The Kier molecular flexibility index (Phi) is 12.6. The van der Waals surface area contributed by atoms with E-state index in [9.17, 15) is 9.59 Å². The Balaban J connectivity index is 0.000000222. The number of H-pyrrole nitrogens is 1. The quantitative estimate of drug-likeness (QED) is 0.171. The highest BCUT2D eigenvalue weighted by molar-refractivity contribution is 5.91. The van der Waals surface area contributed by atoms with Gasteiger partial charge >= 0.3 is 11.9 Å². The van der Waals surface area contributed by atoms with Crippen molar-refractivity contribution in [2.24, 2.45) is 0 Å². The van der Waals surface area contributed by atoms with Gasteiger partial charge in [-0.05, 0) is 80.8 Å². The topological polar surface area (TPSA) is 101 Å². The Morgan fingerprint density at radius 3 is 2.24 bits per heavy atom. The number of likely N-dealkylation sites (tertiary alicyclic amines) is 1. The van der Waals surface area contributed by atoms with Crippen LogP contribution in [-0.2, 0) is 11.3 Å². The van der Waals surface area contributed by atoms with Gasteiger partial charge in [0.2, 0.25) is 0 Å². The minimum atomic E-state index is -1.02. The number of benzene rings is 3. The first-order valence-electron chi connectivity index (χ1n) is 14.5. The number of aromatic carboxylic acids is 1. The monoisotopic (exact) mass is 574 g/mol. The van der Waals surface area contributed by atoms with Crippen molar-refractivity contribution in [3.63, 3.8) is 0 Å². The van der Waals surface area contributed by atoms with Crippen LogP contribution >= 0.6 is 0 Å². The van der Waals surface area contributed by atoms with Gasteiger partial charge in [-0.2, -0.15) is 0 Å². The summed E-state index contributed by atoms with van der Waals surface area (Å²) in [6.45, 7) is 12.1. The van der Waals surface area contributed by atoms with Gasteiger partial charge < -0.3 is 24.3 Å². The van der Waals surface area contributed by atoms with Gasteiger partial charge in [0.15, 0.2) is 0 Å². The molecule has 8 heteroatoms. The van der Waals surface area contributed by atoms with E-state index in [0.717, 1.165) is 44.8 Å². The van der Waals surface area contributed by atoms with Crippen molar-refractivity contribution < 1.29 is 28.9 Å². The number of esters is 1. The summed E-state index contributed by atoms with van der Waals surface area (Å²) in [5, 5.41) is 10.0. The molecular weight excluding hydrogens is 532 g/mol. The summed E-state index contributed by atoms with van der Waals surface area (Å²) in [7, 11) is 1.76. The van der Waals surface area contributed by atoms with Crippen LogP contribution in [0.4, 0.5) is 0 Å². The number of nitrogens with one attached hydrogen (secondary N) is 1. The summed E-state index contributed by atoms with van der Waals surface area (Å²) < 4.78 is 16.5. The molecule has 2 heterocycles. The number of carbonyl (C=O) groups is 2. The molecule has 1 saturated heterocycles. The highest BCUT2D eigenvalue weighted by Crippen LogP contribution is 2.32. The van der Waals surface area contributed by atoms with E-state index in [4.69, 9.17) is 19.3 Å². The summed E-state index contributed by atoms with van der Waals surface area (Å²) in [6, 6.07) is 18.5. The standard InChI is InChI=1S/C18H26N2O2.C14H10O4.C2H6/c1-4-22-14-6-9-20(10-7-14)12-16-15-5-8-19-18(15)13(2)11-17(16)21-3;15-13(16)10-6-8-12(9-7-10)18-14(17)11-4-2-1-3-5-11;1-2/h5,8,11,14,19H,4,6-7,9-10,12H2,1-3H3;1-9H,(H,15,16);1-2H3. The molecule has 2 N–H and O–H groups in total. The highest BCUT2D eigenvalue weighted by Gasteiger charge is 2.22. The number of carboxylic acids is 1. The SMILES string of the molecule is CC.CCOC1CCN(Cc2c(OC)cc(C)c3[nH]ccc23)CC1.O=C(O)c1ccc(OC(=O)c2ccccc2)cc1. The average molecular weight is 575 g/mol. The number of rotatable bonds is 8. The van der Waals surface area contributed by atoms with Crippen molar-refractivity contribution in [1.29, 1.82) is 0 Å². The first kappa shape index (κ1) is 32.4. The molecule has 1 aliphatic rings. The first-order valence-corrected chi connectivity index (χ1v) is 14.5. The second kappa shape index (κ2) is 16.3. The fourth-order valence-corrected chi connectivity index (χ4v) is 4.88. The van der Waals surface area contributed by atoms with Crippen LogP contribution in [0.5, 0.6) is 11.5 Å². The Morgan fingerprint density at radius 1 is 0.976 bits per heavy atom. The van der Waals surface area contributed by atoms with Crippen molar-refractivity contribution in [3.05, 3.63) is 95.2 Å². The van der Waals surface area contributed by atoms with E-state index < -0.39 is 11.9 Å². The molecule has 0 bridgehead atoms. The second-order valence-electron chi connectivity index (χ2n) is 9.66. The van der Waals surface area contributed by atoms with Gasteiger partial charge in [0.05, 0.1) is 24.3 Å². The molecular formula is C34H42N2O6. The van der Waals surface area contributed by atoms with Crippen LogP contribution in [0.3, 0.4) is 0 Å². The summed E-state index contributed by atoms with van der Waals surface area (Å²) >= 11 is 0. The third-order valence-corrected chi connectivity index (χ3v) is 6.97. The van der Waals surface area contributed by atoms with Gasteiger partial charge in [-0.15, -0.1) is 0 Å².